The summed E-state index contributed by atoms with van der Waals surface area (Å²) in [6.07, 6.45) is 4.67. The number of nitrogens with one attached hydrogen (secondary N) is 2. The molecular formula is C16H19N3O2S2. The fraction of sp³-hybridized carbons (Fsp3) is 0.375. The van der Waals surface area contributed by atoms with E-state index in [4.69, 9.17) is 21.7 Å². The summed E-state index contributed by atoms with van der Waals surface area (Å²) in [6, 6.07) is 5.54. The van der Waals surface area contributed by atoms with Crippen LogP contribution in [0.3, 0.4) is 0 Å². The van der Waals surface area contributed by atoms with Crippen molar-refractivity contribution in [2.75, 3.05) is 24.9 Å². The molecule has 0 radical (unpaired) electrons. The molecule has 2 N–H and O–H groups in total. The van der Waals surface area contributed by atoms with Crippen LogP contribution in [0.5, 0.6) is 11.5 Å². The van der Waals surface area contributed by atoms with Gasteiger partial charge >= 0.3 is 0 Å². The molecule has 0 bridgehead atoms. The Labute approximate surface area is 145 Å². The molecule has 0 saturated heterocycles. The molecule has 1 heterocycles. The Hall–Kier alpha value is -1.86. The number of methoxy groups -OCH3 is 2. The minimum atomic E-state index is 0.506. The maximum atomic E-state index is 5.38. The Morgan fingerprint density at radius 3 is 2.43 bits per heavy atom. The van der Waals surface area contributed by atoms with Crippen molar-refractivity contribution in [2.24, 2.45) is 0 Å². The third-order valence-corrected chi connectivity index (χ3v) is 4.95. The summed E-state index contributed by atoms with van der Waals surface area (Å²) < 4.78 is 10.5. The van der Waals surface area contributed by atoms with E-state index in [1.54, 1.807) is 25.6 Å². The number of thiazole rings is 1. The zero-order chi connectivity index (χ0) is 16.2. The highest BCUT2D eigenvalue weighted by Crippen LogP contribution is 2.30. The number of nitrogens with zero attached hydrogens (tertiary/aromatic N) is 1. The predicted molar refractivity (Wildman–Crippen MR) is 98.1 cm³/mol. The number of aryl methyl sites for hydroxylation is 2. The monoisotopic (exact) mass is 349 g/mol. The average Bonchev–Trinajstić information content (AvgIpc) is 2.96. The normalized spacial score (nSPS) is 13.1. The molecule has 3 rings (SSSR count). The largest absolute Gasteiger partial charge is 0.497 e. The van der Waals surface area contributed by atoms with Crippen LogP contribution >= 0.6 is 23.6 Å². The molecule has 1 aromatic heterocycles. The van der Waals surface area contributed by atoms with Crippen LogP contribution in [0.4, 0.5) is 10.8 Å². The van der Waals surface area contributed by atoms with E-state index < -0.39 is 0 Å². The lowest BCUT2D eigenvalue weighted by molar-refractivity contribution is 0.395. The van der Waals surface area contributed by atoms with Gasteiger partial charge in [0.25, 0.3) is 0 Å². The maximum absolute atomic E-state index is 5.38. The molecule has 1 aromatic carbocycles. The molecule has 2 aromatic rings. The number of thiocarbonyl (C=S) groups is 1. The van der Waals surface area contributed by atoms with E-state index in [0.29, 0.717) is 16.6 Å². The minimum Gasteiger partial charge on any atom is -0.497 e. The minimum absolute atomic E-state index is 0.506. The molecule has 23 heavy (non-hydrogen) atoms. The van der Waals surface area contributed by atoms with Crippen molar-refractivity contribution >= 4 is 39.5 Å². The molecule has 0 fully saturated rings. The van der Waals surface area contributed by atoms with Crippen molar-refractivity contribution in [3.63, 3.8) is 0 Å². The van der Waals surface area contributed by atoms with Gasteiger partial charge in [-0.3, -0.25) is 0 Å². The highest BCUT2D eigenvalue weighted by Gasteiger charge is 2.15. The highest BCUT2D eigenvalue weighted by molar-refractivity contribution is 7.80. The Morgan fingerprint density at radius 1 is 1.09 bits per heavy atom. The quantitative estimate of drug-likeness (QED) is 0.818. The lowest BCUT2D eigenvalue weighted by atomic mass is 10.0. The topological polar surface area (TPSA) is 55.4 Å². The van der Waals surface area contributed by atoms with E-state index in [1.165, 1.54) is 23.4 Å². The van der Waals surface area contributed by atoms with Crippen molar-refractivity contribution in [3.8, 4) is 11.5 Å². The lowest BCUT2D eigenvalue weighted by Crippen LogP contribution is -2.19. The van der Waals surface area contributed by atoms with Crippen LogP contribution in [0, 0.1) is 0 Å². The summed E-state index contributed by atoms with van der Waals surface area (Å²) in [4.78, 5) is 6.01. The Kier molecular flexibility index (Phi) is 4.97. The highest BCUT2D eigenvalue weighted by atomic mass is 32.1. The molecule has 122 valence electrons. The number of ether oxygens (including phenoxy) is 2. The molecule has 5 nitrogen and oxygen atoms in total. The van der Waals surface area contributed by atoms with E-state index in [0.717, 1.165) is 23.7 Å². The summed E-state index contributed by atoms with van der Waals surface area (Å²) in [7, 11) is 3.24. The predicted octanol–water partition coefficient (Wildman–Crippen LogP) is 3.85. The summed E-state index contributed by atoms with van der Waals surface area (Å²) >= 11 is 7.07. The van der Waals surface area contributed by atoms with Crippen molar-refractivity contribution in [1.29, 1.82) is 0 Å². The third kappa shape index (κ3) is 3.92. The first-order valence-electron chi connectivity index (χ1n) is 7.47. The fourth-order valence-corrected chi connectivity index (χ4v) is 3.88. The fourth-order valence-electron chi connectivity index (χ4n) is 2.54. The number of benzene rings is 1. The van der Waals surface area contributed by atoms with Crippen LogP contribution in [0.2, 0.25) is 0 Å². The van der Waals surface area contributed by atoms with Gasteiger partial charge in [-0.2, -0.15) is 0 Å². The molecule has 0 atom stereocenters. The first-order chi connectivity index (χ1) is 11.2. The number of aromatic nitrogens is 1. The molecule has 1 aliphatic carbocycles. The summed E-state index contributed by atoms with van der Waals surface area (Å²) in [5.41, 5.74) is 2.02. The van der Waals surface area contributed by atoms with Gasteiger partial charge in [-0.25, -0.2) is 4.98 Å². The zero-order valence-corrected chi connectivity index (χ0v) is 14.8. The second kappa shape index (κ2) is 7.14. The molecule has 0 unspecified atom stereocenters. The SMILES string of the molecule is COc1cc(NC(=S)Nc2nc3c(s2)CCCC3)cc(OC)c1. The number of hydrogen-bond acceptors (Lipinski definition) is 5. The third-order valence-electron chi connectivity index (χ3n) is 3.68. The Balaban J connectivity index is 1.68. The van der Waals surface area contributed by atoms with Crippen molar-refractivity contribution in [1.82, 2.24) is 4.98 Å². The van der Waals surface area contributed by atoms with E-state index in [1.807, 2.05) is 18.2 Å². The number of rotatable bonds is 4. The van der Waals surface area contributed by atoms with E-state index in [2.05, 4.69) is 15.6 Å². The molecule has 1 aliphatic rings. The van der Waals surface area contributed by atoms with Gasteiger partial charge in [-0.05, 0) is 37.9 Å². The number of fused-ring (bicyclic) bond motifs is 1. The van der Waals surface area contributed by atoms with Crippen LogP contribution in [-0.2, 0) is 12.8 Å². The first kappa shape index (κ1) is 16.0. The lowest BCUT2D eigenvalue weighted by Gasteiger charge is -2.11. The van der Waals surface area contributed by atoms with Crippen molar-refractivity contribution in [2.45, 2.75) is 25.7 Å². The molecule has 7 heteroatoms. The van der Waals surface area contributed by atoms with Crippen molar-refractivity contribution < 1.29 is 9.47 Å². The van der Waals surface area contributed by atoms with Crippen LogP contribution in [0.15, 0.2) is 18.2 Å². The molecule has 0 saturated carbocycles. The van der Waals surface area contributed by atoms with Gasteiger partial charge in [0.05, 0.1) is 19.9 Å². The Bertz CT molecular complexity index is 670. The van der Waals surface area contributed by atoms with Gasteiger partial charge in [0, 0.05) is 28.8 Å². The summed E-state index contributed by atoms with van der Waals surface area (Å²) in [5, 5.41) is 7.67. The molecule has 0 amide bonds. The summed E-state index contributed by atoms with van der Waals surface area (Å²) in [5.74, 6) is 1.42. The second-order valence-electron chi connectivity index (χ2n) is 5.28. The van der Waals surface area contributed by atoms with Crippen LogP contribution in [0.1, 0.15) is 23.4 Å². The Morgan fingerprint density at radius 2 is 1.78 bits per heavy atom. The number of anilines is 2. The average molecular weight is 349 g/mol. The van der Waals surface area contributed by atoms with Gasteiger partial charge in [0.1, 0.15) is 11.5 Å². The smallest absolute Gasteiger partial charge is 0.189 e. The van der Waals surface area contributed by atoms with Crippen molar-refractivity contribution in [3.05, 3.63) is 28.8 Å². The van der Waals surface area contributed by atoms with Crippen LogP contribution in [-0.4, -0.2) is 24.3 Å². The van der Waals surface area contributed by atoms with Gasteiger partial charge < -0.3 is 20.1 Å². The van der Waals surface area contributed by atoms with E-state index >= 15 is 0 Å². The van der Waals surface area contributed by atoms with Crippen LogP contribution < -0.4 is 20.1 Å². The standard InChI is InChI=1S/C16H19N3O2S2/c1-20-11-7-10(8-12(9-11)21-2)17-15(22)19-16-18-13-5-3-4-6-14(13)23-16/h7-9H,3-6H2,1-2H3,(H2,17,18,19,22). The first-order valence-corrected chi connectivity index (χ1v) is 8.70. The van der Waals surface area contributed by atoms with Gasteiger partial charge in [0.2, 0.25) is 0 Å². The number of hydrogen-bond donors (Lipinski definition) is 2. The van der Waals surface area contributed by atoms with Gasteiger partial charge in [-0.1, -0.05) is 0 Å². The molecular weight excluding hydrogens is 330 g/mol. The molecule has 0 spiro atoms. The zero-order valence-electron chi connectivity index (χ0n) is 13.1. The summed E-state index contributed by atoms with van der Waals surface area (Å²) in [6.45, 7) is 0. The van der Waals surface area contributed by atoms with Gasteiger partial charge in [-0.15, -0.1) is 11.3 Å². The van der Waals surface area contributed by atoms with Crippen LogP contribution in [0.25, 0.3) is 0 Å². The van der Waals surface area contributed by atoms with E-state index in [-0.39, 0.29) is 0 Å². The van der Waals surface area contributed by atoms with E-state index in [9.17, 15) is 0 Å². The van der Waals surface area contributed by atoms with Gasteiger partial charge in [0.15, 0.2) is 10.2 Å². The second-order valence-corrected chi connectivity index (χ2v) is 6.77. The molecule has 0 aliphatic heterocycles. The maximum Gasteiger partial charge on any atom is 0.189 e.